The summed E-state index contributed by atoms with van der Waals surface area (Å²) in [6.07, 6.45) is 2.96. The van der Waals surface area contributed by atoms with Crippen LogP contribution < -0.4 is 14.8 Å². The van der Waals surface area contributed by atoms with Crippen LogP contribution in [-0.4, -0.2) is 50.7 Å². The lowest BCUT2D eigenvalue weighted by atomic mass is 9.88. The first kappa shape index (κ1) is 19.9. The first-order valence-electron chi connectivity index (χ1n) is 9.21. The van der Waals surface area contributed by atoms with Crippen molar-refractivity contribution in [2.75, 3.05) is 26.5 Å². The zero-order valence-corrected chi connectivity index (χ0v) is 17.1. The van der Waals surface area contributed by atoms with E-state index in [0.29, 0.717) is 38.1 Å². The van der Waals surface area contributed by atoms with Crippen molar-refractivity contribution >= 4 is 15.9 Å². The van der Waals surface area contributed by atoms with Crippen molar-refractivity contribution in [3.05, 3.63) is 23.8 Å². The Bertz CT molecular complexity index is 813. The standard InChI is InChI=1S/C19H28N2O5S/c1-19(2)12-16(15-6-5-14(25-3)11-17(15)26-19)20-18(22)13-7-9-21(10-8-13)27(4,23)24/h5-6,11,13,16H,7-10,12H2,1-4H3,(H,20,22). The van der Waals surface area contributed by atoms with Crippen LogP contribution in [0.3, 0.4) is 0 Å². The minimum Gasteiger partial charge on any atom is -0.497 e. The Hall–Kier alpha value is -1.80. The predicted octanol–water partition coefficient (Wildman–Crippen LogP) is 2.09. The second kappa shape index (κ2) is 7.31. The first-order valence-corrected chi connectivity index (χ1v) is 11.1. The van der Waals surface area contributed by atoms with Gasteiger partial charge in [0.2, 0.25) is 15.9 Å². The Balaban J connectivity index is 1.71. The highest BCUT2D eigenvalue weighted by Gasteiger charge is 2.36. The maximum atomic E-state index is 12.8. The van der Waals surface area contributed by atoms with Crippen molar-refractivity contribution in [2.45, 2.75) is 44.8 Å². The van der Waals surface area contributed by atoms with Crippen molar-refractivity contribution in [3.8, 4) is 11.5 Å². The Morgan fingerprint density at radius 2 is 1.96 bits per heavy atom. The normalized spacial score (nSPS) is 23.2. The van der Waals surface area contributed by atoms with Crippen LogP contribution >= 0.6 is 0 Å². The number of rotatable bonds is 4. The summed E-state index contributed by atoms with van der Waals surface area (Å²) in [6.45, 7) is 4.78. The SMILES string of the molecule is COc1ccc2c(c1)OC(C)(C)CC2NC(=O)C1CCN(S(C)(=O)=O)CC1. The molecular weight excluding hydrogens is 368 g/mol. The summed E-state index contributed by atoms with van der Waals surface area (Å²) in [5, 5.41) is 3.16. The number of hydrogen-bond acceptors (Lipinski definition) is 5. The number of hydrogen-bond donors (Lipinski definition) is 1. The summed E-state index contributed by atoms with van der Waals surface area (Å²) in [7, 11) is -1.58. The molecule has 1 saturated heterocycles. The molecule has 27 heavy (non-hydrogen) atoms. The van der Waals surface area contributed by atoms with Crippen molar-refractivity contribution in [1.29, 1.82) is 0 Å². The van der Waals surface area contributed by atoms with Crippen molar-refractivity contribution < 1.29 is 22.7 Å². The number of piperidine rings is 1. The lowest BCUT2D eigenvalue weighted by molar-refractivity contribution is -0.127. The summed E-state index contributed by atoms with van der Waals surface area (Å²) < 4.78 is 36.1. The average molecular weight is 397 g/mol. The van der Waals surface area contributed by atoms with Gasteiger partial charge in [-0.1, -0.05) is 0 Å². The van der Waals surface area contributed by atoms with Gasteiger partial charge >= 0.3 is 0 Å². The minimum absolute atomic E-state index is 0.0207. The number of benzene rings is 1. The molecule has 3 rings (SSSR count). The van der Waals surface area contributed by atoms with E-state index in [1.807, 2.05) is 32.0 Å². The highest BCUT2D eigenvalue weighted by atomic mass is 32.2. The fourth-order valence-electron chi connectivity index (χ4n) is 3.83. The molecule has 150 valence electrons. The van der Waals surface area contributed by atoms with Crippen LogP contribution in [-0.2, 0) is 14.8 Å². The lowest BCUT2D eigenvalue weighted by Crippen LogP contribution is -2.46. The molecule has 0 spiro atoms. The fraction of sp³-hybridized carbons (Fsp3) is 0.632. The molecule has 1 aromatic carbocycles. The van der Waals surface area contributed by atoms with Gasteiger partial charge in [-0.3, -0.25) is 4.79 Å². The quantitative estimate of drug-likeness (QED) is 0.842. The van der Waals surface area contributed by atoms with Crippen LogP contribution in [0.5, 0.6) is 11.5 Å². The number of amides is 1. The number of sulfonamides is 1. The molecule has 8 heteroatoms. The topological polar surface area (TPSA) is 84.9 Å². The molecule has 0 saturated carbocycles. The van der Waals surface area contributed by atoms with Gasteiger partial charge in [0.05, 0.1) is 19.4 Å². The lowest BCUT2D eigenvalue weighted by Gasteiger charge is -2.39. The van der Waals surface area contributed by atoms with Crippen LogP contribution in [0.2, 0.25) is 0 Å². The van der Waals surface area contributed by atoms with Gasteiger partial charge in [-0.25, -0.2) is 12.7 Å². The highest BCUT2D eigenvalue weighted by Crippen LogP contribution is 2.41. The van der Waals surface area contributed by atoms with Crippen LogP contribution in [0.15, 0.2) is 18.2 Å². The van der Waals surface area contributed by atoms with E-state index >= 15 is 0 Å². The van der Waals surface area contributed by atoms with E-state index in [1.165, 1.54) is 10.6 Å². The largest absolute Gasteiger partial charge is 0.497 e. The molecule has 0 radical (unpaired) electrons. The molecule has 2 aliphatic heterocycles. The van der Waals surface area contributed by atoms with Gasteiger partial charge in [0.1, 0.15) is 17.1 Å². The van der Waals surface area contributed by atoms with Gasteiger partial charge in [-0.2, -0.15) is 0 Å². The van der Waals surface area contributed by atoms with E-state index < -0.39 is 15.6 Å². The number of nitrogens with one attached hydrogen (secondary N) is 1. The van der Waals surface area contributed by atoms with Gasteiger partial charge < -0.3 is 14.8 Å². The molecular formula is C19H28N2O5S. The molecule has 0 bridgehead atoms. The maximum Gasteiger partial charge on any atom is 0.223 e. The van der Waals surface area contributed by atoms with E-state index in [2.05, 4.69) is 5.32 Å². The van der Waals surface area contributed by atoms with E-state index in [-0.39, 0.29) is 17.9 Å². The molecule has 0 aliphatic carbocycles. The third-order valence-corrected chi connectivity index (χ3v) is 6.59. The summed E-state index contributed by atoms with van der Waals surface area (Å²) in [6, 6.07) is 5.50. The number of nitrogens with zero attached hydrogens (tertiary/aromatic N) is 1. The highest BCUT2D eigenvalue weighted by molar-refractivity contribution is 7.88. The second-order valence-electron chi connectivity index (χ2n) is 7.97. The van der Waals surface area contributed by atoms with E-state index in [4.69, 9.17) is 9.47 Å². The first-order chi connectivity index (χ1) is 12.6. The summed E-state index contributed by atoms with van der Waals surface area (Å²) in [5.41, 5.74) is 0.536. The van der Waals surface area contributed by atoms with Gasteiger partial charge in [-0.05, 0) is 38.8 Å². The Labute approximate surface area is 161 Å². The average Bonchev–Trinajstić information content (AvgIpc) is 2.59. The summed E-state index contributed by atoms with van der Waals surface area (Å²) in [4.78, 5) is 12.8. The van der Waals surface area contributed by atoms with Gasteiger partial charge in [0.15, 0.2) is 0 Å². The van der Waals surface area contributed by atoms with Crippen LogP contribution in [0.1, 0.15) is 44.7 Å². The molecule has 7 nitrogen and oxygen atoms in total. The molecule has 1 unspecified atom stereocenters. The third kappa shape index (κ3) is 4.55. The number of methoxy groups -OCH3 is 1. The molecule has 2 heterocycles. The Morgan fingerprint density at radius 1 is 1.30 bits per heavy atom. The second-order valence-corrected chi connectivity index (χ2v) is 9.95. The maximum absolute atomic E-state index is 12.8. The van der Waals surface area contributed by atoms with Crippen molar-refractivity contribution in [3.63, 3.8) is 0 Å². The minimum atomic E-state index is -3.19. The van der Waals surface area contributed by atoms with Crippen molar-refractivity contribution in [1.82, 2.24) is 9.62 Å². The zero-order chi connectivity index (χ0) is 19.8. The van der Waals surface area contributed by atoms with Crippen LogP contribution in [0.4, 0.5) is 0 Å². The number of carbonyl (C=O) groups is 1. The van der Waals surface area contributed by atoms with E-state index in [0.717, 1.165) is 11.3 Å². The van der Waals surface area contributed by atoms with Crippen LogP contribution in [0, 0.1) is 5.92 Å². The Morgan fingerprint density at radius 3 is 2.56 bits per heavy atom. The fourth-order valence-corrected chi connectivity index (χ4v) is 4.70. The Kier molecular flexibility index (Phi) is 5.40. The van der Waals surface area contributed by atoms with Gasteiger partial charge in [0.25, 0.3) is 0 Å². The smallest absolute Gasteiger partial charge is 0.223 e. The van der Waals surface area contributed by atoms with Crippen molar-refractivity contribution in [2.24, 2.45) is 5.92 Å². The summed E-state index contributed by atoms with van der Waals surface area (Å²) in [5.74, 6) is 1.25. The molecule has 2 aliphatic rings. The molecule has 0 aromatic heterocycles. The molecule has 1 amide bonds. The number of fused-ring (bicyclic) bond motifs is 1. The third-order valence-electron chi connectivity index (χ3n) is 5.29. The van der Waals surface area contributed by atoms with Gasteiger partial charge in [0, 0.05) is 37.1 Å². The van der Waals surface area contributed by atoms with Gasteiger partial charge in [-0.15, -0.1) is 0 Å². The predicted molar refractivity (Wildman–Crippen MR) is 102 cm³/mol. The number of ether oxygens (including phenoxy) is 2. The molecule has 1 fully saturated rings. The van der Waals surface area contributed by atoms with E-state index in [9.17, 15) is 13.2 Å². The number of carbonyl (C=O) groups excluding carboxylic acids is 1. The summed E-state index contributed by atoms with van der Waals surface area (Å²) >= 11 is 0. The molecule has 1 aromatic rings. The van der Waals surface area contributed by atoms with E-state index in [1.54, 1.807) is 7.11 Å². The molecule has 1 N–H and O–H groups in total. The monoisotopic (exact) mass is 396 g/mol. The molecule has 1 atom stereocenters. The van der Waals surface area contributed by atoms with Crippen LogP contribution in [0.25, 0.3) is 0 Å². The zero-order valence-electron chi connectivity index (χ0n) is 16.3.